The third-order valence-electron chi connectivity index (χ3n) is 9.42. The van der Waals surface area contributed by atoms with Gasteiger partial charge in [-0.1, -0.05) is 36.4 Å². The van der Waals surface area contributed by atoms with Crippen LogP contribution in [-0.2, 0) is 10.1 Å². The van der Waals surface area contributed by atoms with Crippen LogP contribution in [0.15, 0.2) is 173 Å². The Morgan fingerprint density at radius 2 is 1.03 bits per heavy atom. The van der Waals surface area contributed by atoms with E-state index in [0.717, 1.165) is 27.9 Å². The van der Waals surface area contributed by atoms with Gasteiger partial charge in [-0.3, -0.25) is 4.55 Å². The summed E-state index contributed by atoms with van der Waals surface area (Å²) in [5.74, 6) is 0.849. The van der Waals surface area contributed by atoms with E-state index in [1.807, 2.05) is 75.4 Å². The number of methoxy groups -OCH3 is 2. The first-order valence-electron chi connectivity index (χ1n) is 18.7. The maximum absolute atomic E-state index is 11.7. The van der Waals surface area contributed by atoms with Crippen molar-refractivity contribution in [3.8, 4) is 17.2 Å². The Labute approximate surface area is 351 Å². The van der Waals surface area contributed by atoms with E-state index >= 15 is 0 Å². The smallest absolute Gasteiger partial charge is 0.296 e. The molecule has 0 amide bonds. The minimum atomic E-state index is -4.46. The van der Waals surface area contributed by atoms with E-state index in [1.165, 1.54) is 32.4 Å². The Morgan fingerprint density at radius 3 is 1.67 bits per heavy atom. The van der Waals surface area contributed by atoms with Crippen molar-refractivity contribution < 1.29 is 27.6 Å². The number of nitrogens with one attached hydrogen (secondary N) is 1. The number of ether oxygens (including phenoxy) is 2. The number of rotatable bonds is 13. The summed E-state index contributed by atoms with van der Waals surface area (Å²) >= 11 is 0. The molecule has 0 heterocycles. The molecule has 0 aliphatic rings. The number of aromatic hydroxyl groups is 1. The monoisotopic (exact) mass is 833 g/mol. The van der Waals surface area contributed by atoms with Crippen molar-refractivity contribution in [2.45, 2.75) is 25.7 Å². The second-order valence-corrected chi connectivity index (χ2v) is 15.1. The van der Waals surface area contributed by atoms with Gasteiger partial charge in [0.05, 0.1) is 37.0 Å². The first kappa shape index (κ1) is 41.5. The van der Waals surface area contributed by atoms with Crippen LogP contribution in [0, 0.1) is 20.8 Å². The molecule has 7 aromatic carbocycles. The molecule has 0 atom stereocenters. The number of para-hydroxylation sites is 1. The molecule has 0 fully saturated rings. The molecule has 61 heavy (non-hydrogen) atoms. The van der Waals surface area contributed by atoms with Crippen molar-refractivity contribution >= 4 is 77.8 Å². The fourth-order valence-electron chi connectivity index (χ4n) is 6.18. The number of nitrogens with zero attached hydrogens (tertiary/aromatic N) is 8. The maximum Gasteiger partial charge on any atom is 0.296 e. The van der Waals surface area contributed by atoms with Gasteiger partial charge in [0, 0.05) is 28.9 Å². The van der Waals surface area contributed by atoms with Crippen molar-refractivity contribution in [3.63, 3.8) is 0 Å². The highest BCUT2D eigenvalue weighted by Gasteiger charge is 2.15. The molecular weight excluding hydrogens is 795 g/mol. The van der Waals surface area contributed by atoms with Gasteiger partial charge in [0.15, 0.2) is 5.75 Å². The van der Waals surface area contributed by atoms with Gasteiger partial charge in [0.1, 0.15) is 39.1 Å². The molecule has 0 saturated carbocycles. The summed E-state index contributed by atoms with van der Waals surface area (Å²) in [6, 6.07) is 37.1. The lowest BCUT2D eigenvalue weighted by atomic mass is 10.1. The zero-order valence-corrected chi connectivity index (χ0v) is 34.5. The summed E-state index contributed by atoms with van der Waals surface area (Å²) in [5, 5.41) is 50.7. The average Bonchev–Trinajstić information content (AvgIpc) is 3.25. The van der Waals surface area contributed by atoms with Crippen LogP contribution in [0.2, 0.25) is 0 Å². The van der Waals surface area contributed by atoms with Crippen LogP contribution in [0.4, 0.5) is 56.9 Å². The lowest BCUT2D eigenvalue weighted by molar-refractivity contribution is 0.415. The number of phenols is 1. The number of phenolic OH excluding ortho intramolecular Hbond substituents is 1. The van der Waals surface area contributed by atoms with Crippen LogP contribution < -0.4 is 14.8 Å². The Balaban J connectivity index is 1.05. The Kier molecular flexibility index (Phi) is 12.3. The van der Waals surface area contributed by atoms with E-state index in [0.29, 0.717) is 62.3 Å². The van der Waals surface area contributed by atoms with Gasteiger partial charge >= 0.3 is 0 Å². The minimum absolute atomic E-state index is 0.0132. The summed E-state index contributed by atoms with van der Waals surface area (Å²) in [6.45, 7) is 5.55. The molecule has 3 N–H and O–H groups in total. The second kappa shape index (κ2) is 18.1. The molecular formula is C45H39N9O6S. The number of anilines is 2. The molecule has 0 aliphatic carbocycles. The van der Waals surface area contributed by atoms with Gasteiger partial charge in [0.25, 0.3) is 10.1 Å². The highest BCUT2D eigenvalue weighted by molar-refractivity contribution is 7.86. The predicted molar refractivity (Wildman–Crippen MR) is 235 cm³/mol. The van der Waals surface area contributed by atoms with Crippen LogP contribution in [0.5, 0.6) is 17.2 Å². The van der Waals surface area contributed by atoms with Crippen LogP contribution in [-0.4, -0.2) is 32.3 Å². The van der Waals surface area contributed by atoms with E-state index in [4.69, 9.17) is 9.47 Å². The van der Waals surface area contributed by atoms with Gasteiger partial charge < -0.3 is 19.9 Å². The van der Waals surface area contributed by atoms with Gasteiger partial charge in [-0.2, -0.15) is 28.9 Å². The first-order valence-corrected chi connectivity index (χ1v) is 20.1. The molecule has 0 saturated heterocycles. The largest absolute Gasteiger partial charge is 0.505 e. The third kappa shape index (κ3) is 9.79. The van der Waals surface area contributed by atoms with Crippen LogP contribution in [0.1, 0.15) is 16.7 Å². The van der Waals surface area contributed by atoms with E-state index in [-0.39, 0.29) is 16.3 Å². The standard InChI is InChI=1S/C45H39N9O6S/c1-27-21-33(17-20-35(27)48-49-36-13-9-10-14-44(36)61(56,57)58)47-51-38-25-42(59-4)41(22-28(38)2)54-52-39-26-43(60-5)40(23-29(39)3)53-50-37-19-15-30-24-32(16-18-34(30)45(37)55)46-31-11-7-6-8-12-31/h6-26,46,55H,1-5H3,(H,56,57,58). The Bertz CT molecular complexity index is 3010. The number of hydrogen-bond acceptors (Lipinski definition) is 14. The van der Waals surface area contributed by atoms with Crippen molar-refractivity contribution in [2.75, 3.05) is 19.5 Å². The van der Waals surface area contributed by atoms with Crippen molar-refractivity contribution in [2.24, 2.45) is 40.9 Å². The van der Waals surface area contributed by atoms with E-state index in [9.17, 15) is 18.1 Å². The molecule has 0 aliphatic heterocycles. The summed E-state index contributed by atoms with van der Waals surface area (Å²) in [6.07, 6.45) is 0. The predicted octanol–water partition coefficient (Wildman–Crippen LogP) is 14.1. The van der Waals surface area contributed by atoms with Crippen molar-refractivity contribution in [1.82, 2.24) is 0 Å². The van der Waals surface area contributed by atoms with Gasteiger partial charge in [-0.05, 0) is 122 Å². The number of azo groups is 4. The minimum Gasteiger partial charge on any atom is -0.505 e. The molecule has 0 aromatic heterocycles. The zero-order valence-electron chi connectivity index (χ0n) is 33.6. The molecule has 15 nitrogen and oxygen atoms in total. The summed E-state index contributed by atoms with van der Waals surface area (Å²) in [4.78, 5) is -0.336. The third-order valence-corrected chi connectivity index (χ3v) is 10.3. The molecule has 7 aromatic rings. The van der Waals surface area contributed by atoms with Gasteiger partial charge in [-0.25, -0.2) is 0 Å². The van der Waals surface area contributed by atoms with Gasteiger partial charge in [0.2, 0.25) is 0 Å². The maximum atomic E-state index is 11.7. The molecule has 0 unspecified atom stereocenters. The lowest BCUT2D eigenvalue weighted by Gasteiger charge is -2.10. The molecule has 7 rings (SSSR count). The molecule has 0 spiro atoms. The zero-order chi connectivity index (χ0) is 43.1. The second-order valence-electron chi connectivity index (χ2n) is 13.7. The van der Waals surface area contributed by atoms with Gasteiger partial charge in [-0.15, -0.1) is 20.5 Å². The van der Waals surface area contributed by atoms with Crippen LogP contribution >= 0.6 is 0 Å². The number of hydrogen-bond donors (Lipinski definition) is 3. The normalized spacial score (nSPS) is 12.0. The van der Waals surface area contributed by atoms with E-state index in [1.54, 1.807) is 54.6 Å². The van der Waals surface area contributed by atoms with Crippen LogP contribution in [0.3, 0.4) is 0 Å². The molecule has 0 bridgehead atoms. The highest BCUT2D eigenvalue weighted by Crippen LogP contribution is 2.42. The lowest BCUT2D eigenvalue weighted by Crippen LogP contribution is -1.97. The van der Waals surface area contributed by atoms with Crippen LogP contribution in [0.25, 0.3) is 10.8 Å². The van der Waals surface area contributed by atoms with Crippen molar-refractivity contribution in [3.05, 3.63) is 144 Å². The SMILES string of the molecule is COc1cc(N=Nc2ccc(N=Nc3ccccc3S(=O)(=O)O)c(C)c2)c(C)cc1N=Nc1cc(OC)c(N=Nc2ccc3cc(Nc4ccccc4)ccc3c2O)cc1C. The quantitative estimate of drug-likeness (QED) is 0.0756. The summed E-state index contributed by atoms with van der Waals surface area (Å²) < 4.78 is 44.2. The highest BCUT2D eigenvalue weighted by atomic mass is 32.2. The Hall–Kier alpha value is -7.69. The molecule has 0 radical (unpaired) electrons. The summed E-state index contributed by atoms with van der Waals surface area (Å²) in [7, 11) is -1.41. The average molecular weight is 834 g/mol. The van der Waals surface area contributed by atoms with E-state index in [2.05, 4.69) is 46.2 Å². The summed E-state index contributed by atoms with van der Waals surface area (Å²) in [5.41, 5.74) is 7.44. The number of aryl methyl sites for hydroxylation is 3. The first-order chi connectivity index (χ1) is 29.4. The topological polar surface area (TPSA) is 204 Å². The number of fused-ring (bicyclic) bond motifs is 1. The fourth-order valence-corrected chi connectivity index (χ4v) is 6.80. The Morgan fingerprint density at radius 1 is 0.492 bits per heavy atom. The molecule has 306 valence electrons. The fraction of sp³-hybridized carbons (Fsp3) is 0.111. The van der Waals surface area contributed by atoms with E-state index < -0.39 is 10.1 Å². The van der Waals surface area contributed by atoms with Crippen molar-refractivity contribution in [1.29, 1.82) is 0 Å². The number of benzene rings is 7. The molecule has 16 heteroatoms.